The number of rotatable bonds is 6. The maximum Gasteiger partial charge on any atom is 0.188 e. The van der Waals surface area contributed by atoms with Gasteiger partial charge in [-0.15, -0.1) is 11.3 Å². The third-order valence-electron chi connectivity index (χ3n) is 4.57. The molecule has 3 N–H and O–H groups in total. The van der Waals surface area contributed by atoms with E-state index in [0.717, 1.165) is 32.6 Å². The van der Waals surface area contributed by atoms with Crippen LogP contribution in [0.15, 0.2) is 46.8 Å². The summed E-state index contributed by atoms with van der Waals surface area (Å²) in [6.07, 6.45) is 1.13. The fourth-order valence-corrected chi connectivity index (χ4v) is 4.10. The van der Waals surface area contributed by atoms with Gasteiger partial charge in [0.05, 0.1) is 6.04 Å². The summed E-state index contributed by atoms with van der Waals surface area (Å²) < 4.78 is 0. The molecule has 0 amide bonds. The molecule has 0 spiro atoms. The van der Waals surface area contributed by atoms with Crippen LogP contribution in [-0.2, 0) is 13.0 Å². The second-order valence-electron chi connectivity index (χ2n) is 7.02. The minimum Gasteiger partial charge on any atom is -0.370 e. The predicted octanol–water partition coefficient (Wildman–Crippen LogP) is 3.41. The van der Waals surface area contributed by atoms with Gasteiger partial charge in [0.25, 0.3) is 0 Å². The van der Waals surface area contributed by atoms with Gasteiger partial charge in [0.1, 0.15) is 0 Å². The summed E-state index contributed by atoms with van der Waals surface area (Å²) in [5.74, 6) is 1.06. The number of hydrogen-bond acceptors (Lipinski definition) is 3. The van der Waals surface area contributed by atoms with Gasteiger partial charge >= 0.3 is 0 Å². The third-order valence-corrected chi connectivity index (χ3v) is 5.59. The van der Waals surface area contributed by atoms with Crippen molar-refractivity contribution in [3.63, 3.8) is 0 Å². The Bertz CT molecular complexity index is 693. The van der Waals surface area contributed by atoms with Crippen LogP contribution in [0.25, 0.3) is 0 Å². The van der Waals surface area contributed by atoms with Gasteiger partial charge < -0.3 is 11.1 Å². The maximum absolute atomic E-state index is 6.06. The van der Waals surface area contributed by atoms with Crippen LogP contribution in [0.4, 0.5) is 0 Å². The van der Waals surface area contributed by atoms with Crippen LogP contribution >= 0.6 is 11.3 Å². The molecule has 1 unspecified atom stereocenters. The van der Waals surface area contributed by atoms with E-state index in [1.165, 1.54) is 16.0 Å². The molecule has 3 rings (SSSR count). The zero-order valence-corrected chi connectivity index (χ0v) is 15.9. The molecule has 0 saturated carbocycles. The Morgan fingerprint density at radius 2 is 2.08 bits per heavy atom. The minimum atomic E-state index is 0.294. The van der Waals surface area contributed by atoms with E-state index in [4.69, 9.17) is 5.73 Å². The number of thiophene rings is 1. The zero-order valence-electron chi connectivity index (χ0n) is 15.1. The molecule has 1 aromatic heterocycles. The molecule has 2 aromatic rings. The molecule has 5 heteroatoms. The van der Waals surface area contributed by atoms with Crippen molar-refractivity contribution in [2.75, 3.05) is 19.6 Å². The lowest BCUT2D eigenvalue weighted by molar-refractivity contribution is 0.181. The van der Waals surface area contributed by atoms with E-state index in [9.17, 15) is 0 Å². The van der Waals surface area contributed by atoms with Crippen molar-refractivity contribution in [2.45, 2.75) is 32.9 Å². The van der Waals surface area contributed by atoms with Crippen molar-refractivity contribution in [2.24, 2.45) is 16.6 Å². The molecule has 1 aromatic carbocycles. The van der Waals surface area contributed by atoms with Crippen LogP contribution in [0, 0.1) is 5.92 Å². The van der Waals surface area contributed by atoms with Crippen molar-refractivity contribution < 1.29 is 0 Å². The van der Waals surface area contributed by atoms with E-state index >= 15 is 0 Å². The predicted molar refractivity (Wildman–Crippen MR) is 107 cm³/mol. The van der Waals surface area contributed by atoms with Gasteiger partial charge in [-0.25, -0.2) is 0 Å². The Morgan fingerprint density at radius 3 is 2.84 bits per heavy atom. The van der Waals surface area contributed by atoms with E-state index in [1.807, 2.05) is 11.3 Å². The highest BCUT2D eigenvalue weighted by atomic mass is 32.1. The SMILES string of the molecule is CC(C)CN=C(N)NCC(c1ccccc1)N1CCc2sccc2C1. The fourth-order valence-electron chi connectivity index (χ4n) is 3.21. The fraction of sp³-hybridized carbons (Fsp3) is 0.450. The first-order valence-electron chi connectivity index (χ1n) is 9.01. The molecule has 4 nitrogen and oxygen atoms in total. The molecular formula is C20H28N4S. The molecule has 1 aliphatic heterocycles. The van der Waals surface area contributed by atoms with Crippen LogP contribution in [0.2, 0.25) is 0 Å². The Balaban J connectivity index is 1.72. The summed E-state index contributed by atoms with van der Waals surface area (Å²) in [7, 11) is 0. The van der Waals surface area contributed by atoms with Gasteiger partial charge in [-0.05, 0) is 34.9 Å². The van der Waals surface area contributed by atoms with E-state index in [1.54, 1.807) is 0 Å². The number of benzene rings is 1. The van der Waals surface area contributed by atoms with E-state index in [0.29, 0.717) is 17.9 Å². The van der Waals surface area contributed by atoms with Gasteiger partial charge in [-0.2, -0.15) is 0 Å². The monoisotopic (exact) mass is 356 g/mol. The number of hydrogen-bond donors (Lipinski definition) is 2. The number of nitrogens with one attached hydrogen (secondary N) is 1. The number of nitrogens with two attached hydrogens (primary N) is 1. The summed E-state index contributed by atoms with van der Waals surface area (Å²) >= 11 is 1.88. The molecule has 1 atom stereocenters. The van der Waals surface area contributed by atoms with E-state index in [-0.39, 0.29) is 0 Å². The molecular weight excluding hydrogens is 328 g/mol. The Morgan fingerprint density at radius 1 is 1.28 bits per heavy atom. The van der Waals surface area contributed by atoms with Gasteiger partial charge in [-0.1, -0.05) is 44.2 Å². The molecule has 2 heterocycles. The molecule has 1 aliphatic rings. The second-order valence-corrected chi connectivity index (χ2v) is 8.02. The molecule has 0 radical (unpaired) electrons. The van der Waals surface area contributed by atoms with Crippen molar-refractivity contribution in [1.82, 2.24) is 10.2 Å². The first-order valence-corrected chi connectivity index (χ1v) is 9.89. The highest BCUT2D eigenvalue weighted by molar-refractivity contribution is 7.10. The van der Waals surface area contributed by atoms with Gasteiger partial charge in [-0.3, -0.25) is 9.89 Å². The number of nitrogens with zero attached hydrogens (tertiary/aromatic N) is 2. The lowest BCUT2D eigenvalue weighted by Crippen LogP contribution is -2.42. The summed E-state index contributed by atoms with van der Waals surface area (Å²) in [6.45, 7) is 7.92. The summed E-state index contributed by atoms with van der Waals surface area (Å²) in [5.41, 5.74) is 8.86. The van der Waals surface area contributed by atoms with Crippen LogP contribution in [0.3, 0.4) is 0 Å². The molecule has 0 fully saturated rings. The number of guanidine groups is 1. The normalized spacial score (nSPS) is 16.7. The van der Waals surface area contributed by atoms with Crippen LogP contribution in [-0.4, -0.2) is 30.5 Å². The molecule has 0 bridgehead atoms. The minimum absolute atomic E-state index is 0.294. The molecule has 25 heavy (non-hydrogen) atoms. The Kier molecular flexibility index (Phi) is 6.10. The van der Waals surface area contributed by atoms with Gasteiger partial charge in [0.2, 0.25) is 0 Å². The summed E-state index contributed by atoms with van der Waals surface area (Å²) in [6, 6.07) is 13.3. The lowest BCUT2D eigenvalue weighted by atomic mass is 10.0. The van der Waals surface area contributed by atoms with Crippen molar-refractivity contribution in [1.29, 1.82) is 0 Å². The highest BCUT2D eigenvalue weighted by Gasteiger charge is 2.25. The number of aliphatic imine (C=N–C) groups is 1. The standard InChI is InChI=1S/C20H28N4S/c1-15(2)12-22-20(21)23-13-18(16-6-4-3-5-7-16)24-10-8-19-17(14-24)9-11-25-19/h3-7,9,11,15,18H,8,10,12-14H2,1-2H3,(H3,21,22,23). The maximum atomic E-state index is 6.06. The second kappa shape index (κ2) is 8.50. The molecule has 0 aliphatic carbocycles. The third kappa shape index (κ3) is 4.83. The van der Waals surface area contributed by atoms with Crippen molar-refractivity contribution in [3.8, 4) is 0 Å². The van der Waals surface area contributed by atoms with E-state index in [2.05, 4.69) is 70.8 Å². The van der Waals surface area contributed by atoms with Crippen molar-refractivity contribution in [3.05, 3.63) is 57.8 Å². The van der Waals surface area contributed by atoms with Crippen LogP contribution in [0.1, 0.15) is 35.9 Å². The molecule has 134 valence electrons. The summed E-state index contributed by atoms with van der Waals surface area (Å²) in [5, 5.41) is 5.55. The quantitative estimate of drug-likeness (QED) is 0.616. The smallest absolute Gasteiger partial charge is 0.188 e. The average molecular weight is 357 g/mol. The lowest BCUT2D eigenvalue weighted by Gasteiger charge is -2.35. The first-order chi connectivity index (χ1) is 12.1. The Hall–Kier alpha value is -1.85. The summed E-state index contributed by atoms with van der Waals surface area (Å²) in [4.78, 5) is 8.51. The first kappa shape index (κ1) is 18.0. The van der Waals surface area contributed by atoms with Crippen molar-refractivity contribution >= 4 is 17.3 Å². The topological polar surface area (TPSA) is 53.6 Å². The largest absolute Gasteiger partial charge is 0.370 e. The molecule has 0 saturated heterocycles. The van der Waals surface area contributed by atoms with Gasteiger partial charge in [0.15, 0.2) is 5.96 Å². The highest BCUT2D eigenvalue weighted by Crippen LogP contribution is 2.30. The zero-order chi connectivity index (χ0) is 17.6. The van der Waals surface area contributed by atoms with Crippen LogP contribution in [0.5, 0.6) is 0 Å². The van der Waals surface area contributed by atoms with Crippen LogP contribution < -0.4 is 11.1 Å². The number of fused-ring (bicyclic) bond motifs is 1. The van der Waals surface area contributed by atoms with Gasteiger partial charge in [0, 0.05) is 31.1 Å². The van der Waals surface area contributed by atoms with E-state index < -0.39 is 0 Å². The average Bonchev–Trinajstić information content (AvgIpc) is 3.09. The Labute approximate surface area is 154 Å².